The van der Waals surface area contributed by atoms with Crippen LogP contribution in [-0.2, 0) is 17.6 Å². The average molecular weight is 274 g/mol. The van der Waals surface area contributed by atoms with Crippen molar-refractivity contribution in [3.8, 4) is 0 Å². The number of hydrogen-bond donors (Lipinski definition) is 2. The van der Waals surface area contributed by atoms with Crippen molar-refractivity contribution in [1.29, 1.82) is 0 Å². The Morgan fingerprint density at radius 3 is 3.10 bits per heavy atom. The number of fused-ring (bicyclic) bond motifs is 1. The van der Waals surface area contributed by atoms with Crippen molar-refractivity contribution in [1.82, 2.24) is 5.32 Å². The third kappa shape index (κ3) is 4.26. The summed E-state index contributed by atoms with van der Waals surface area (Å²) in [6.07, 6.45) is 7.27. The van der Waals surface area contributed by atoms with Gasteiger partial charge in [-0.05, 0) is 36.8 Å². The highest BCUT2D eigenvalue weighted by atomic mass is 16.1. The van der Waals surface area contributed by atoms with Crippen molar-refractivity contribution < 1.29 is 4.79 Å². The second-order valence-corrected chi connectivity index (χ2v) is 5.54. The molecule has 1 heterocycles. The van der Waals surface area contributed by atoms with E-state index in [4.69, 9.17) is 0 Å². The van der Waals surface area contributed by atoms with Gasteiger partial charge in [-0.2, -0.15) is 0 Å². The van der Waals surface area contributed by atoms with E-state index in [1.807, 2.05) is 0 Å². The Morgan fingerprint density at radius 1 is 1.35 bits per heavy atom. The molecule has 1 amide bonds. The summed E-state index contributed by atoms with van der Waals surface area (Å²) in [6.45, 7) is 3.96. The molecule has 0 radical (unpaired) electrons. The lowest BCUT2D eigenvalue weighted by Gasteiger charge is -2.21. The Morgan fingerprint density at radius 2 is 2.25 bits per heavy atom. The van der Waals surface area contributed by atoms with Crippen LogP contribution in [0.25, 0.3) is 0 Å². The predicted octanol–water partition coefficient (Wildman–Crippen LogP) is 3.28. The fraction of sp³-hybridized carbons (Fsp3) is 0.588. The first-order valence-corrected chi connectivity index (χ1v) is 7.92. The van der Waals surface area contributed by atoms with Crippen LogP contribution in [0.4, 0.5) is 5.69 Å². The minimum Gasteiger partial charge on any atom is -0.385 e. The summed E-state index contributed by atoms with van der Waals surface area (Å²) in [6, 6.07) is 6.50. The van der Waals surface area contributed by atoms with E-state index in [1.165, 1.54) is 29.7 Å². The summed E-state index contributed by atoms with van der Waals surface area (Å²) in [5.74, 6) is 0.191. The molecule has 1 aromatic carbocycles. The highest BCUT2D eigenvalue weighted by molar-refractivity contribution is 5.75. The van der Waals surface area contributed by atoms with Crippen LogP contribution in [-0.4, -0.2) is 19.0 Å². The zero-order chi connectivity index (χ0) is 14.2. The van der Waals surface area contributed by atoms with Gasteiger partial charge in [0.15, 0.2) is 0 Å². The fourth-order valence-corrected chi connectivity index (χ4v) is 2.75. The standard InChI is InChI=1S/C17H26N2O/c1-2-3-4-10-16(20)18-13-11-15-8-5-7-14-9-6-12-19-17(14)15/h5,7-8,19H,2-4,6,9-13H2,1H3,(H,18,20). The first kappa shape index (κ1) is 14.9. The number of anilines is 1. The SMILES string of the molecule is CCCCCC(=O)NCCc1cccc2c1NCCC2. The number of rotatable bonds is 7. The normalized spacial score (nSPS) is 13.4. The number of nitrogens with one attached hydrogen (secondary N) is 2. The Labute approximate surface area is 122 Å². The lowest BCUT2D eigenvalue weighted by Crippen LogP contribution is -2.26. The maximum atomic E-state index is 11.7. The number of amides is 1. The van der Waals surface area contributed by atoms with Gasteiger partial charge >= 0.3 is 0 Å². The third-order valence-electron chi connectivity index (χ3n) is 3.89. The fourth-order valence-electron chi connectivity index (χ4n) is 2.75. The number of para-hydroxylation sites is 1. The van der Waals surface area contributed by atoms with Gasteiger partial charge in [-0.15, -0.1) is 0 Å². The summed E-state index contributed by atoms with van der Waals surface area (Å²) in [5.41, 5.74) is 4.05. The maximum Gasteiger partial charge on any atom is 0.220 e. The molecule has 1 aromatic rings. The molecule has 0 unspecified atom stereocenters. The van der Waals surface area contributed by atoms with E-state index in [2.05, 4.69) is 35.8 Å². The zero-order valence-electron chi connectivity index (χ0n) is 12.5. The molecule has 0 atom stereocenters. The molecule has 0 saturated heterocycles. The summed E-state index contributed by atoms with van der Waals surface area (Å²) in [5, 5.41) is 6.53. The Hall–Kier alpha value is -1.51. The van der Waals surface area contributed by atoms with Crippen LogP contribution < -0.4 is 10.6 Å². The molecule has 0 saturated carbocycles. The lowest BCUT2D eigenvalue weighted by molar-refractivity contribution is -0.121. The predicted molar refractivity (Wildman–Crippen MR) is 84.1 cm³/mol. The average Bonchev–Trinajstić information content (AvgIpc) is 2.48. The van der Waals surface area contributed by atoms with Crippen LogP contribution in [0.5, 0.6) is 0 Å². The van der Waals surface area contributed by atoms with Crippen LogP contribution >= 0.6 is 0 Å². The topological polar surface area (TPSA) is 41.1 Å². The van der Waals surface area contributed by atoms with Crippen molar-refractivity contribution in [2.24, 2.45) is 0 Å². The summed E-state index contributed by atoms with van der Waals surface area (Å²) in [7, 11) is 0. The Kier molecular flexibility index (Phi) is 5.90. The monoisotopic (exact) mass is 274 g/mol. The number of unbranched alkanes of at least 4 members (excludes halogenated alkanes) is 2. The van der Waals surface area contributed by atoms with Gasteiger partial charge in [0.1, 0.15) is 0 Å². The number of carbonyl (C=O) groups excluding carboxylic acids is 1. The molecule has 2 N–H and O–H groups in total. The van der Waals surface area contributed by atoms with Crippen LogP contribution in [0.15, 0.2) is 18.2 Å². The Balaban J connectivity index is 1.78. The van der Waals surface area contributed by atoms with Gasteiger partial charge in [0.25, 0.3) is 0 Å². The number of carbonyl (C=O) groups is 1. The summed E-state index contributed by atoms with van der Waals surface area (Å²) in [4.78, 5) is 11.7. The molecule has 0 aromatic heterocycles. The molecule has 0 aliphatic carbocycles. The third-order valence-corrected chi connectivity index (χ3v) is 3.89. The van der Waals surface area contributed by atoms with Crippen molar-refractivity contribution in [3.05, 3.63) is 29.3 Å². The number of benzene rings is 1. The molecule has 0 bridgehead atoms. The van der Waals surface area contributed by atoms with E-state index in [9.17, 15) is 4.79 Å². The Bertz CT molecular complexity index is 443. The van der Waals surface area contributed by atoms with E-state index >= 15 is 0 Å². The van der Waals surface area contributed by atoms with E-state index in [0.29, 0.717) is 6.42 Å². The van der Waals surface area contributed by atoms with Crippen molar-refractivity contribution in [2.45, 2.75) is 51.9 Å². The minimum atomic E-state index is 0.191. The molecular formula is C17H26N2O. The minimum absolute atomic E-state index is 0.191. The molecule has 1 aliphatic heterocycles. The second-order valence-electron chi connectivity index (χ2n) is 5.54. The van der Waals surface area contributed by atoms with Crippen LogP contribution in [0, 0.1) is 0 Å². The number of hydrogen-bond acceptors (Lipinski definition) is 2. The molecule has 20 heavy (non-hydrogen) atoms. The van der Waals surface area contributed by atoms with E-state index in [1.54, 1.807) is 0 Å². The molecule has 3 heteroatoms. The first-order chi connectivity index (χ1) is 9.81. The van der Waals surface area contributed by atoms with Gasteiger partial charge in [-0.3, -0.25) is 4.79 Å². The molecule has 3 nitrogen and oxygen atoms in total. The van der Waals surface area contributed by atoms with Gasteiger partial charge in [0.05, 0.1) is 0 Å². The highest BCUT2D eigenvalue weighted by Gasteiger charge is 2.12. The lowest BCUT2D eigenvalue weighted by atomic mass is 9.98. The molecule has 0 fully saturated rings. The van der Waals surface area contributed by atoms with Crippen molar-refractivity contribution in [3.63, 3.8) is 0 Å². The van der Waals surface area contributed by atoms with E-state index < -0.39 is 0 Å². The van der Waals surface area contributed by atoms with Gasteiger partial charge < -0.3 is 10.6 Å². The molecule has 2 rings (SSSR count). The molecular weight excluding hydrogens is 248 g/mol. The molecule has 0 spiro atoms. The van der Waals surface area contributed by atoms with Crippen molar-refractivity contribution in [2.75, 3.05) is 18.4 Å². The maximum absolute atomic E-state index is 11.7. The van der Waals surface area contributed by atoms with Crippen LogP contribution in [0.1, 0.15) is 50.2 Å². The smallest absolute Gasteiger partial charge is 0.220 e. The second kappa shape index (κ2) is 7.93. The highest BCUT2D eigenvalue weighted by Crippen LogP contribution is 2.26. The summed E-state index contributed by atoms with van der Waals surface area (Å²) >= 11 is 0. The quantitative estimate of drug-likeness (QED) is 0.749. The van der Waals surface area contributed by atoms with Crippen molar-refractivity contribution >= 4 is 11.6 Å². The first-order valence-electron chi connectivity index (χ1n) is 7.92. The number of aryl methyl sites for hydroxylation is 1. The van der Waals surface area contributed by atoms with Crippen LogP contribution in [0.3, 0.4) is 0 Å². The van der Waals surface area contributed by atoms with Gasteiger partial charge in [0.2, 0.25) is 5.91 Å². The van der Waals surface area contributed by atoms with E-state index in [0.717, 1.165) is 38.8 Å². The van der Waals surface area contributed by atoms with E-state index in [-0.39, 0.29) is 5.91 Å². The zero-order valence-corrected chi connectivity index (χ0v) is 12.5. The van der Waals surface area contributed by atoms with Gasteiger partial charge in [-0.1, -0.05) is 38.0 Å². The molecule has 1 aliphatic rings. The molecule has 110 valence electrons. The van der Waals surface area contributed by atoms with Gasteiger partial charge in [0, 0.05) is 25.2 Å². The van der Waals surface area contributed by atoms with Crippen LogP contribution in [0.2, 0.25) is 0 Å². The summed E-state index contributed by atoms with van der Waals surface area (Å²) < 4.78 is 0. The largest absolute Gasteiger partial charge is 0.385 e. The van der Waals surface area contributed by atoms with Gasteiger partial charge in [-0.25, -0.2) is 0 Å².